The molecule has 0 saturated carbocycles. The highest BCUT2D eigenvalue weighted by Gasteiger charge is 1.88. The molecular weight excluding hydrogens is 164 g/mol. The normalized spacial score (nSPS) is 11.2. The Bertz CT molecular complexity index is 123. The van der Waals surface area contributed by atoms with Crippen molar-refractivity contribution in [1.29, 1.82) is 0 Å². The summed E-state index contributed by atoms with van der Waals surface area (Å²) >= 11 is 0. The van der Waals surface area contributed by atoms with Crippen LogP contribution >= 0.6 is 0 Å². The van der Waals surface area contributed by atoms with Crippen molar-refractivity contribution < 1.29 is 9.47 Å². The molecule has 0 spiro atoms. The maximum absolute atomic E-state index is 5.18. The van der Waals surface area contributed by atoms with Crippen molar-refractivity contribution in [2.75, 3.05) is 13.2 Å². The molecule has 13 heavy (non-hydrogen) atoms. The highest BCUT2D eigenvalue weighted by Crippen LogP contribution is 1.97. The molecule has 76 valence electrons. The lowest BCUT2D eigenvalue weighted by molar-refractivity contribution is 0.218. The van der Waals surface area contributed by atoms with Gasteiger partial charge in [-0.3, -0.25) is 0 Å². The molecule has 0 saturated heterocycles. The van der Waals surface area contributed by atoms with Crippen LogP contribution in [0.5, 0.6) is 0 Å². The minimum atomic E-state index is 0.813. The Morgan fingerprint density at radius 3 is 1.62 bits per heavy atom. The highest BCUT2D eigenvalue weighted by atomic mass is 16.5. The van der Waals surface area contributed by atoms with E-state index in [4.69, 9.17) is 9.47 Å². The van der Waals surface area contributed by atoms with E-state index in [1.54, 1.807) is 12.5 Å². The zero-order valence-corrected chi connectivity index (χ0v) is 8.66. The summed E-state index contributed by atoms with van der Waals surface area (Å²) in [6, 6.07) is 0. The van der Waals surface area contributed by atoms with Crippen LogP contribution in [0.15, 0.2) is 24.7 Å². The largest absolute Gasteiger partial charge is 0.502 e. The van der Waals surface area contributed by atoms with Gasteiger partial charge in [0.1, 0.15) is 0 Å². The van der Waals surface area contributed by atoms with Gasteiger partial charge in [-0.25, -0.2) is 0 Å². The Kier molecular flexibility index (Phi) is 10.3. The summed E-state index contributed by atoms with van der Waals surface area (Å²) in [5.41, 5.74) is 0. The number of hydrogen-bond acceptors (Lipinski definition) is 2. The SMILES string of the molecule is CC=COCCCCCOC=CC. The van der Waals surface area contributed by atoms with Crippen LogP contribution in [0.3, 0.4) is 0 Å². The zero-order chi connectivity index (χ0) is 9.78. The quantitative estimate of drug-likeness (QED) is 0.426. The Hall–Kier alpha value is -0.920. The minimum Gasteiger partial charge on any atom is -0.502 e. The average molecular weight is 184 g/mol. The van der Waals surface area contributed by atoms with E-state index in [-0.39, 0.29) is 0 Å². The fourth-order valence-electron chi connectivity index (χ4n) is 0.876. The summed E-state index contributed by atoms with van der Waals surface area (Å²) in [5, 5.41) is 0. The number of unbranched alkanes of at least 4 members (excludes halogenated alkanes) is 2. The summed E-state index contributed by atoms with van der Waals surface area (Å²) in [7, 11) is 0. The van der Waals surface area contributed by atoms with Crippen molar-refractivity contribution in [2.24, 2.45) is 0 Å². The standard InChI is InChI=1S/C11H20O2/c1-3-8-12-10-6-5-7-11-13-9-4-2/h3-4,8-9H,5-7,10-11H2,1-2H3. The van der Waals surface area contributed by atoms with Crippen LogP contribution in [0.25, 0.3) is 0 Å². The summed E-state index contributed by atoms with van der Waals surface area (Å²) in [5.74, 6) is 0. The molecule has 0 bridgehead atoms. The lowest BCUT2D eigenvalue weighted by Gasteiger charge is -2.01. The minimum absolute atomic E-state index is 0.813. The Morgan fingerprint density at radius 1 is 0.769 bits per heavy atom. The molecule has 0 radical (unpaired) electrons. The zero-order valence-electron chi connectivity index (χ0n) is 8.66. The van der Waals surface area contributed by atoms with Crippen molar-refractivity contribution >= 4 is 0 Å². The monoisotopic (exact) mass is 184 g/mol. The molecular formula is C11H20O2. The van der Waals surface area contributed by atoms with E-state index in [0.717, 1.165) is 32.5 Å². The lowest BCUT2D eigenvalue weighted by Crippen LogP contribution is -1.91. The smallest absolute Gasteiger partial charge is 0.0873 e. The lowest BCUT2D eigenvalue weighted by atomic mass is 10.2. The summed E-state index contributed by atoms with van der Waals surface area (Å²) in [6.45, 7) is 5.53. The van der Waals surface area contributed by atoms with Crippen LogP contribution in [-0.2, 0) is 9.47 Å². The first kappa shape index (κ1) is 12.1. The molecule has 0 aromatic heterocycles. The van der Waals surface area contributed by atoms with Gasteiger partial charge >= 0.3 is 0 Å². The number of allylic oxidation sites excluding steroid dienone is 2. The van der Waals surface area contributed by atoms with Gasteiger partial charge in [-0.15, -0.1) is 0 Å². The van der Waals surface area contributed by atoms with E-state index in [0.29, 0.717) is 0 Å². The predicted molar refractivity (Wildman–Crippen MR) is 55.4 cm³/mol. The van der Waals surface area contributed by atoms with Crippen molar-refractivity contribution in [1.82, 2.24) is 0 Å². The maximum atomic E-state index is 5.18. The molecule has 2 nitrogen and oxygen atoms in total. The summed E-state index contributed by atoms with van der Waals surface area (Å²) in [6.07, 6.45) is 10.6. The molecule has 0 aromatic carbocycles. The molecule has 2 heteroatoms. The van der Waals surface area contributed by atoms with Gasteiger partial charge in [-0.1, -0.05) is 12.2 Å². The molecule has 0 unspecified atom stereocenters. The molecule has 0 fully saturated rings. The van der Waals surface area contributed by atoms with Crippen LogP contribution in [0.1, 0.15) is 33.1 Å². The van der Waals surface area contributed by atoms with Gasteiger partial charge in [0.25, 0.3) is 0 Å². The van der Waals surface area contributed by atoms with Crippen LogP contribution in [0, 0.1) is 0 Å². The highest BCUT2D eigenvalue weighted by molar-refractivity contribution is 4.65. The molecule has 0 aliphatic rings. The molecule has 0 aromatic rings. The van der Waals surface area contributed by atoms with Crippen LogP contribution in [-0.4, -0.2) is 13.2 Å². The topological polar surface area (TPSA) is 18.5 Å². The van der Waals surface area contributed by atoms with E-state index in [1.807, 2.05) is 26.0 Å². The van der Waals surface area contributed by atoms with Crippen LogP contribution < -0.4 is 0 Å². The first-order valence-electron chi connectivity index (χ1n) is 4.87. The average Bonchev–Trinajstić information content (AvgIpc) is 2.16. The summed E-state index contributed by atoms with van der Waals surface area (Å²) in [4.78, 5) is 0. The summed E-state index contributed by atoms with van der Waals surface area (Å²) < 4.78 is 10.4. The molecule has 0 aliphatic carbocycles. The Balaban J connectivity index is 2.91. The van der Waals surface area contributed by atoms with Gasteiger partial charge in [0.05, 0.1) is 25.7 Å². The van der Waals surface area contributed by atoms with Gasteiger partial charge in [-0.05, 0) is 33.1 Å². The first-order valence-corrected chi connectivity index (χ1v) is 4.87. The van der Waals surface area contributed by atoms with Gasteiger partial charge in [0.2, 0.25) is 0 Å². The molecule has 0 N–H and O–H groups in total. The second-order valence-corrected chi connectivity index (χ2v) is 2.74. The number of hydrogen-bond donors (Lipinski definition) is 0. The van der Waals surface area contributed by atoms with Gasteiger partial charge in [-0.2, -0.15) is 0 Å². The van der Waals surface area contributed by atoms with E-state index in [2.05, 4.69) is 0 Å². The molecule has 0 amide bonds. The van der Waals surface area contributed by atoms with Gasteiger partial charge in [0, 0.05) is 0 Å². The van der Waals surface area contributed by atoms with Gasteiger partial charge < -0.3 is 9.47 Å². The van der Waals surface area contributed by atoms with Crippen molar-refractivity contribution in [3.63, 3.8) is 0 Å². The molecule has 0 aliphatic heterocycles. The third kappa shape index (κ3) is 11.1. The van der Waals surface area contributed by atoms with Crippen molar-refractivity contribution in [3.05, 3.63) is 24.7 Å². The van der Waals surface area contributed by atoms with Crippen molar-refractivity contribution in [3.8, 4) is 0 Å². The van der Waals surface area contributed by atoms with E-state index in [1.165, 1.54) is 0 Å². The van der Waals surface area contributed by atoms with Crippen molar-refractivity contribution in [2.45, 2.75) is 33.1 Å². The predicted octanol–water partition coefficient (Wildman–Crippen LogP) is 3.26. The van der Waals surface area contributed by atoms with Gasteiger partial charge in [0.15, 0.2) is 0 Å². The third-order valence-corrected chi connectivity index (χ3v) is 1.49. The number of rotatable bonds is 8. The van der Waals surface area contributed by atoms with E-state index in [9.17, 15) is 0 Å². The fourth-order valence-corrected chi connectivity index (χ4v) is 0.876. The number of ether oxygens (including phenoxy) is 2. The molecule has 0 rings (SSSR count). The second kappa shape index (κ2) is 11.1. The van der Waals surface area contributed by atoms with Crippen LogP contribution in [0.4, 0.5) is 0 Å². The third-order valence-electron chi connectivity index (χ3n) is 1.49. The van der Waals surface area contributed by atoms with E-state index >= 15 is 0 Å². The Morgan fingerprint density at radius 2 is 1.23 bits per heavy atom. The Labute approximate surface area is 81.2 Å². The maximum Gasteiger partial charge on any atom is 0.0873 e. The first-order chi connectivity index (χ1) is 6.41. The molecule has 0 atom stereocenters. The second-order valence-electron chi connectivity index (χ2n) is 2.74. The van der Waals surface area contributed by atoms with E-state index < -0.39 is 0 Å². The molecule has 0 heterocycles. The fraction of sp³-hybridized carbons (Fsp3) is 0.636. The van der Waals surface area contributed by atoms with Crippen LogP contribution in [0.2, 0.25) is 0 Å².